The topological polar surface area (TPSA) is 37.0 Å². The molecule has 0 aromatic heterocycles. The van der Waals surface area contributed by atoms with E-state index in [1.54, 1.807) is 42.5 Å². The Morgan fingerprint density at radius 2 is 1.80 bits per heavy atom. The number of benzene rings is 2. The summed E-state index contributed by atoms with van der Waals surface area (Å²) in [6.45, 7) is 0. The van der Waals surface area contributed by atoms with Crippen molar-refractivity contribution >= 4 is 22.6 Å². The summed E-state index contributed by atoms with van der Waals surface area (Å²) in [7, 11) is 0. The molecule has 0 saturated heterocycles. The summed E-state index contributed by atoms with van der Waals surface area (Å²) in [4.78, 5) is 11.6. The van der Waals surface area contributed by atoms with Gasteiger partial charge in [-0.15, -0.1) is 0 Å². The average Bonchev–Trinajstić information content (AvgIpc) is 2.27. The van der Waals surface area contributed by atoms with Crippen LogP contribution in [-0.2, 0) is 5.11 Å². The molecule has 1 aliphatic carbocycles. The van der Waals surface area contributed by atoms with Gasteiger partial charge in [0.25, 0.3) is 0 Å². The smallest absolute Gasteiger partial charge is 0.186 e. The molecule has 0 amide bonds. The summed E-state index contributed by atoms with van der Waals surface area (Å²) in [6, 6.07) is 8.58. The van der Waals surface area contributed by atoms with Crippen LogP contribution in [0.15, 0.2) is 36.4 Å². The molecule has 2 heteroatoms. The summed E-state index contributed by atoms with van der Waals surface area (Å²) in [5.74, 6) is -0.0580. The molecule has 0 N–H and O–H groups in total. The maximum absolute atomic E-state index is 11.6. The van der Waals surface area contributed by atoms with Crippen molar-refractivity contribution in [1.82, 2.24) is 0 Å². The fraction of sp³-hybridized carbons (Fsp3) is 0. The first-order chi connectivity index (χ1) is 7.27. The Morgan fingerprint density at radius 3 is 2.67 bits per heavy atom. The van der Waals surface area contributed by atoms with Crippen LogP contribution in [0.25, 0.3) is 16.8 Å². The zero-order valence-electron chi connectivity index (χ0n) is 7.86. The molecule has 0 bridgehead atoms. The minimum atomic E-state index is -0.0290. The molecule has 2 nitrogen and oxygen atoms in total. The van der Waals surface area contributed by atoms with E-state index in [0.717, 1.165) is 10.9 Å². The third kappa shape index (κ3) is 1.02. The zero-order chi connectivity index (χ0) is 10.4. The van der Waals surface area contributed by atoms with E-state index in [9.17, 15) is 9.90 Å². The first-order valence-corrected chi connectivity index (χ1v) is 4.72. The summed E-state index contributed by atoms with van der Waals surface area (Å²) in [6.07, 6.45) is 3.30. The van der Waals surface area contributed by atoms with Crippen LogP contribution in [0, 0.1) is 0 Å². The highest BCUT2D eigenvalue weighted by molar-refractivity contribution is 6.20. The van der Waals surface area contributed by atoms with Gasteiger partial charge >= 0.3 is 0 Å². The predicted octanol–water partition coefficient (Wildman–Crippen LogP) is 3.19. The molecule has 1 radical (unpaired) electrons. The Labute approximate surface area is 86.5 Å². The molecule has 0 spiro atoms. The van der Waals surface area contributed by atoms with Crippen molar-refractivity contribution in [3.63, 3.8) is 0 Å². The lowest BCUT2D eigenvalue weighted by atomic mass is 9.92. The predicted molar refractivity (Wildman–Crippen MR) is 57.4 cm³/mol. The van der Waals surface area contributed by atoms with Crippen molar-refractivity contribution in [1.29, 1.82) is 0 Å². The molecule has 3 rings (SSSR count). The second-order valence-corrected chi connectivity index (χ2v) is 3.58. The lowest BCUT2D eigenvalue weighted by Crippen LogP contribution is -2.00. The Morgan fingerprint density at radius 1 is 0.933 bits per heavy atom. The van der Waals surface area contributed by atoms with Gasteiger partial charge in [0, 0.05) is 16.3 Å². The minimum Gasteiger partial charge on any atom is -0.289 e. The number of hydrogen-bond acceptors (Lipinski definition) is 1. The fourth-order valence-corrected chi connectivity index (χ4v) is 2.01. The van der Waals surface area contributed by atoms with Crippen molar-refractivity contribution in [2.24, 2.45) is 0 Å². The first kappa shape index (κ1) is 8.24. The van der Waals surface area contributed by atoms with E-state index < -0.39 is 0 Å². The average molecular weight is 195 g/mol. The highest BCUT2D eigenvalue weighted by Crippen LogP contribution is 2.33. The SMILES string of the molecule is [O]c1ccc2c3c(cccc13)C(=O)C=C2. The van der Waals surface area contributed by atoms with E-state index in [0.29, 0.717) is 10.9 Å². The summed E-state index contributed by atoms with van der Waals surface area (Å²) >= 11 is 0. The molecule has 0 heterocycles. The van der Waals surface area contributed by atoms with Crippen LogP contribution in [0.4, 0.5) is 0 Å². The van der Waals surface area contributed by atoms with Gasteiger partial charge < -0.3 is 0 Å². The van der Waals surface area contributed by atoms with Crippen LogP contribution < -0.4 is 0 Å². The van der Waals surface area contributed by atoms with Crippen LogP contribution in [0.1, 0.15) is 15.9 Å². The zero-order valence-corrected chi connectivity index (χ0v) is 7.86. The van der Waals surface area contributed by atoms with Crippen LogP contribution in [0.5, 0.6) is 5.75 Å². The number of rotatable bonds is 0. The van der Waals surface area contributed by atoms with Crippen LogP contribution in [0.3, 0.4) is 0 Å². The molecular weight excluding hydrogens is 188 g/mol. The first-order valence-electron chi connectivity index (χ1n) is 4.72. The number of carbonyl (C=O) groups excluding carboxylic acids is 1. The maximum Gasteiger partial charge on any atom is 0.186 e. The summed E-state index contributed by atoms with van der Waals surface area (Å²) < 4.78 is 0. The third-order valence-electron chi connectivity index (χ3n) is 2.71. The van der Waals surface area contributed by atoms with E-state index in [-0.39, 0.29) is 11.5 Å². The fourth-order valence-electron chi connectivity index (χ4n) is 2.01. The second kappa shape index (κ2) is 2.70. The number of carbonyl (C=O) groups is 1. The molecular formula is C13H7O2. The Hall–Kier alpha value is -2.09. The molecule has 2 aromatic rings. The van der Waals surface area contributed by atoms with Crippen molar-refractivity contribution < 1.29 is 9.90 Å². The largest absolute Gasteiger partial charge is 0.289 e. The molecule has 71 valence electrons. The van der Waals surface area contributed by atoms with Crippen LogP contribution >= 0.6 is 0 Å². The monoisotopic (exact) mass is 195 g/mol. The highest BCUT2D eigenvalue weighted by atomic mass is 16.3. The van der Waals surface area contributed by atoms with Gasteiger partial charge in [-0.25, -0.2) is 0 Å². The van der Waals surface area contributed by atoms with Gasteiger partial charge in [0.05, 0.1) is 0 Å². The van der Waals surface area contributed by atoms with Gasteiger partial charge in [0.2, 0.25) is 0 Å². The molecule has 0 aliphatic heterocycles. The van der Waals surface area contributed by atoms with Crippen LogP contribution in [-0.4, -0.2) is 5.78 Å². The Balaban J connectivity index is 2.59. The standard InChI is InChI=1S/C13H7O2/c14-11-6-4-8-5-7-12(15)10-3-1-2-9(11)13(8)10/h1-7H. The highest BCUT2D eigenvalue weighted by Gasteiger charge is 2.16. The van der Waals surface area contributed by atoms with Gasteiger partial charge in [-0.1, -0.05) is 30.3 Å². The molecule has 0 fully saturated rings. The molecule has 15 heavy (non-hydrogen) atoms. The Bertz CT molecular complexity index is 609. The van der Waals surface area contributed by atoms with Gasteiger partial charge in [0.15, 0.2) is 11.5 Å². The van der Waals surface area contributed by atoms with Crippen LogP contribution in [0.2, 0.25) is 0 Å². The quantitative estimate of drug-likeness (QED) is 0.636. The Kier molecular flexibility index (Phi) is 1.48. The van der Waals surface area contributed by atoms with E-state index in [1.165, 1.54) is 0 Å². The van der Waals surface area contributed by atoms with Crippen molar-refractivity contribution in [3.05, 3.63) is 47.5 Å². The lowest BCUT2D eigenvalue weighted by molar-refractivity contribution is 0.104. The molecule has 0 atom stereocenters. The summed E-state index contributed by atoms with van der Waals surface area (Å²) in [5, 5.41) is 13.0. The molecule has 1 aliphatic rings. The maximum atomic E-state index is 11.6. The van der Waals surface area contributed by atoms with Crippen molar-refractivity contribution in [3.8, 4) is 5.75 Å². The molecule has 0 saturated carbocycles. The normalized spacial score (nSPS) is 13.5. The van der Waals surface area contributed by atoms with Gasteiger partial charge in [-0.3, -0.25) is 9.90 Å². The van der Waals surface area contributed by atoms with Crippen molar-refractivity contribution in [2.75, 3.05) is 0 Å². The van der Waals surface area contributed by atoms with E-state index in [1.807, 2.05) is 0 Å². The van der Waals surface area contributed by atoms with Gasteiger partial charge in [-0.05, 0) is 17.7 Å². The van der Waals surface area contributed by atoms with E-state index in [2.05, 4.69) is 0 Å². The third-order valence-corrected chi connectivity index (χ3v) is 2.71. The van der Waals surface area contributed by atoms with Gasteiger partial charge in [0.1, 0.15) is 0 Å². The summed E-state index contributed by atoms with van der Waals surface area (Å²) in [5.41, 5.74) is 1.57. The second-order valence-electron chi connectivity index (χ2n) is 3.58. The number of ketones is 1. The minimum absolute atomic E-state index is 0.0290. The van der Waals surface area contributed by atoms with E-state index in [4.69, 9.17) is 0 Å². The van der Waals surface area contributed by atoms with Crippen molar-refractivity contribution in [2.45, 2.75) is 0 Å². The van der Waals surface area contributed by atoms with E-state index >= 15 is 0 Å². The van der Waals surface area contributed by atoms with Gasteiger partial charge in [-0.2, -0.15) is 0 Å². The molecule has 0 unspecified atom stereocenters. The number of hydrogen-bond donors (Lipinski definition) is 0. The number of allylic oxidation sites excluding steroid dienone is 1. The lowest BCUT2D eigenvalue weighted by Gasteiger charge is -2.11. The molecule has 2 aromatic carbocycles.